The molecule has 0 saturated heterocycles. The molecule has 1 aromatic rings. The van der Waals surface area contributed by atoms with Crippen molar-refractivity contribution in [3.8, 4) is 0 Å². The highest BCUT2D eigenvalue weighted by molar-refractivity contribution is 7.84. The van der Waals surface area contributed by atoms with E-state index in [0.29, 0.717) is 0 Å². The first kappa shape index (κ1) is 16.6. The number of hydrogen-bond acceptors (Lipinski definition) is 4. The van der Waals surface area contributed by atoms with Crippen LogP contribution < -0.4 is 10.5 Å². The second-order valence-corrected chi connectivity index (χ2v) is 6.03. The molecule has 3 N–H and O–H groups in total. The molecule has 0 aliphatic heterocycles. The van der Waals surface area contributed by atoms with Gasteiger partial charge in [-0.25, -0.2) is 5.14 Å². The Bertz CT molecular complexity index is 529. The summed E-state index contributed by atoms with van der Waals surface area (Å²) < 4.78 is 26.4. The van der Waals surface area contributed by atoms with Crippen molar-refractivity contribution in [2.24, 2.45) is 5.14 Å². The molecule has 112 valence electrons. The molecule has 0 fully saturated rings. The van der Waals surface area contributed by atoms with Gasteiger partial charge in [0.1, 0.15) is 0 Å². The fourth-order valence-electron chi connectivity index (χ4n) is 1.78. The molecule has 1 unspecified atom stereocenters. The summed E-state index contributed by atoms with van der Waals surface area (Å²) in [5.74, 6) is -0.528. The topological polar surface area (TPSA) is 98.5 Å². The number of rotatable bonds is 7. The van der Waals surface area contributed by atoms with Gasteiger partial charge >= 0.3 is 10.3 Å². The molecule has 0 spiro atoms. The minimum atomic E-state index is -4.02. The molecule has 0 aromatic heterocycles. The van der Waals surface area contributed by atoms with Gasteiger partial charge in [-0.05, 0) is 19.4 Å². The number of amides is 1. The lowest BCUT2D eigenvalue weighted by atomic mass is 9.96. The molecule has 1 amide bonds. The first-order chi connectivity index (χ1) is 9.28. The van der Waals surface area contributed by atoms with E-state index in [-0.39, 0.29) is 30.9 Å². The summed E-state index contributed by atoms with van der Waals surface area (Å²) in [6.45, 7) is 3.56. The monoisotopic (exact) mass is 300 g/mol. The van der Waals surface area contributed by atoms with Crippen molar-refractivity contribution in [2.75, 3.05) is 6.61 Å². The number of hydrogen-bond donors (Lipinski definition) is 2. The molecule has 0 saturated carbocycles. The van der Waals surface area contributed by atoms with Gasteiger partial charge in [0, 0.05) is 18.4 Å². The Labute approximate surface area is 119 Å². The molecule has 6 nitrogen and oxygen atoms in total. The third-order valence-corrected chi connectivity index (χ3v) is 3.05. The third-order valence-electron chi connectivity index (χ3n) is 2.59. The quantitative estimate of drug-likeness (QED) is 0.781. The van der Waals surface area contributed by atoms with Crippen LogP contribution in [0.25, 0.3) is 0 Å². The zero-order chi connectivity index (χ0) is 15.2. The van der Waals surface area contributed by atoms with Crippen LogP contribution in [0.4, 0.5) is 0 Å². The van der Waals surface area contributed by atoms with Gasteiger partial charge in [0.25, 0.3) is 0 Å². The summed E-state index contributed by atoms with van der Waals surface area (Å²) in [5, 5.41) is 7.59. The number of nitrogens with two attached hydrogens (primary N) is 1. The Morgan fingerprint density at radius 1 is 1.30 bits per heavy atom. The van der Waals surface area contributed by atoms with Crippen LogP contribution in [0.15, 0.2) is 30.3 Å². The summed E-state index contributed by atoms with van der Waals surface area (Å²) in [7, 11) is -4.02. The van der Waals surface area contributed by atoms with Gasteiger partial charge in [0.15, 0.2) is 0 Å². The lowest BCUT2D eigenvalue weighted by Crippen LogP contribution is -2.32. The van der Waals surface area contributed by atoms with Gasteiger partial charge in [0.2, 0.25) is 5.91 Å². The predicted octanol–water partition coefficient (Wildman–Crippen LogP) is 0.905. The van der Waals surface area contributed by atoms with Crippen LogP contribution in [0.2, 0.25) is 0 Å². The van der Waals surface area contributed by atoms with E-state index in [9.17, 15) is 13.2 Å². The fraction of sp³-hybridized carbons (Fsp3) is 0.462. The van der Waals surface area contributed by atoms with Gasteiger partial charge in [-0.3, -0.25) is 8.98 Å². The van der Waals surface area contributed by atoms with Crippen molar-refractivity contribution in [1.29, 1.82) is 0 Å². The number of carbonyl (C=O) groups is 1. The lowest BCUT2D eigenvalue weighted by Gasteiger charge is -2.17. The zero-order valence-corrected chi connectivity index (χ0v) is 12.4. The van der Waals surface area contributed by atoms with E-state index in [0.717, 1.165) is 5.56 Å². The molecule has 0 radical (unpaired) electrons. The smallest absolute Gasteiger partial charge is 0.333 e. The van der Waals surface area contributed by atoms with Crippen LogP contribution in [0.5, 0.6) is 0 Å². The van der Waals surface area contributed by atoms with Gasteiger partial charge in [-0.15, -0.1) is 0 Å². The summed E-state index contributed by atoms with van der Waals surface area (Å²) in [5.41, 5.74) is 0.829. The van der Waals surface area contributed by atoms with Crippen LogP contribution in [0.3, 0.4) is 0 Å². The third kappa shape index (κ3) is 6.65. The molecular weight excluding hydrogens is 280 g/mol. The molecule has 0 aliphatic rings. The van der Waals surface area contributed by atoms with Gasteiger partial charge in [-0.1, -0.05) is 30.3 Å². The summed E-state index contributed by atoms with van der Waals surface area (Å²) in [6.07, 6.45) is 0.137. The van der Waals surface area contributed by atoms with Gasteiger partial charge < -0.3 is 5.32 Å². The summed E-state index contributed by atoms with van der Waals surface area (Å²) in [6, 6.07) is 9.15. The highest BCUT2D eigenvalue weighted by Crippen LogP contribution is 2.20. The van der Waals surface area contributed by atoms with E-state index in [1.807, 2.05) is 44.2 Å². The summed E-state index contributed by atoms with van der Waals surface area (Å²) >= 11 is 0. The normalized spacial score (nSPS) is 13.2. The van der Waals surface area contributed by atoms with Crippen molar-refractivity contribution in [2.45, 2.75) is 32.2 Å². The Kier molecular flexibility index (Phi) is 6.12. The van der Waals surface area contributed by atoms with Crippen molar-refractivity contribution < 1.29 is 17.4 Å². The molecular formula is C13H20N2O4S. The maximum Gasteiger partial charge on any atom is 0.333 e. The molecule has 0 aliphatic carbocycles. The maximum absolute atomic E-state index is 11.8. The maximum atomic E-state index is 11.8. The lowest BCUT2D eigenvalue weighted by molar-refractivity contribution is -0.122. The first-order valence-corrected chi connectivity index (χ1v) is 7.76. The SMILES string of the molecule is CC(C)NC(=O)CC(COS(N)(=O)=O)c1ccccc1. The zero-order valence-electron chi connectivity index (χ0n) is 11.6. The van der Waals surface area contributed by atoms with Crippen LogP contribution in [-0.2, 0) is 19.3 Å². The highest BCUT2D eigenvalue weighted by Gasteiger charge is 2.19. The molecule has 20 heavy (non-hydrogen) atoms. The molecule has 7 heteroatoms. The molecule has 0 bridgehead atoms. The van der Waals surface area contributed by atoms with Crippen molar-refractivity contribution in [3.63, 3.8) is 0 Å². The molecule has 1 aromatic carbocycles. The van der Waals surface area contributed by atoms with Crippen LogP contribution in [0, 0.1) is 0 Å². The molecule has 0 heterocycles. The van der Waals surface area contributed by atoms with E-state index < -0.39 is 10.3 Å². The van der Waals surface area contributed by atoms with Crippen LogP contribution in [-0.4, -0.2) is 27.0 Å². The van der Waals surface area contributed by atoms with E-state index in [2.05, 4.69) is 9.50 Å². The second kappa shape index (κ2) is 7.37. The average Bonchev–Trinajstić information content (AvgIpc) is 2.33. The average molecular weight is 300 g/mol. The van der Waals surface area contributed by atoms with Crippen LogP contribution >= 0.6 is 0 Å². The van der Waals surface area contributed by atoms with E-state index in [4.69, 9.17) is 5.14 Å². The molecule has 1 atom stereocenters. The van der Waals surface area contributed by atoms with Gasteiger partial charge in [0.05, 0.1) is 6.61 Å². The van der Waals surface area contributed by atoms with Crippen molar-refractivity contribution in [1.82, 2.24) is 5.32 Å². The van der Waals surface area contributed by atoms with E-state index >= 15 is 0 Å². The number of benzene rings is 1. The number of nitrogens with one attached hydrogen (secondary N) is 1. The fourth-order valence-corrected chi connectivity index (χ4v) is 2.13. The van der Waals surface area contributed by atoms with Crippen LogP contribution in [0.1, 0.15) is 31.7 Å². The van der Waals surface area contributed by atoms with Crippen molar-refractivity contribution >= 4 is 16.2 Å². The van der Waals surface area contributed by atoms with Gasteiger partial charge in [-0.2, -0.15) is 8.42 Å². The minimum Gasteiger partial charge on any atom is -0.354 e. The molecule has 1 rings (SSSR count). The Morgan fingerprint density at radius 3 is 2.40 bits per heavy atom. The standard InChI is InChI=1S/C13H20N2O4S/c1-10(2)15-13(16)8-12(9-19-20(14,17)18)11-6-4-3-5-7-11/h3-7,10,12H,8-9H2,1-2H3,(H,15,16)(H2,14,17,18). The van der Waals surface area contributed by atoms with E-state index in [1.165, 1.54) is 0 Å². The van der Waals surface area contributed by atoms with Crippen molar-refractivity contribution in [3.05, 3.63) is 35.9 Å². The Morgan fingerprint density at radius 2 is 1.90 bits per heavy atom. The first-order valence-electron chi connectivity index (χ1n) is 6.29. The second-order valence-electron chi connectivity index (χ2n) is 4.81. The summed E-state index contributed by atoms with van der Waals surface area (Å²) in [4.78, 5) is 11.8. The Hall–Kier alpha value is -1.44. The number of carbonyl (C=O) groups excluding carboxylic acids is 1. The minimum absolute atomic E-state index is 0.0260. The predicted molar refractivity (Wildman–Crippen MR) is 76.1 cm³/mol. The highest BCUT2D eigenvalue weighted by atomic mass is 32.2. The Balaban J connectivity index is 2.77. The largest absolute Gasteiger partial charge is 0.354 e. The van der Waals surface area contributed by atoms with E-state index in [1.54, 1.807) is 0 Å².